The number of nitrogens with one attached hydrogen (secondary N) is 1. The Bertz CT molecular complexity index is 655. The largest absolute Gasteiger partial charge is 0.341 e. The van der Waals surface area contributed by atoms with Crippen LogP contribution < -0.4 is 0 Å². The summed E-state index contributed by atoms with van der Waals surface area (Å²) in [6.07, 6.45) is 1.60. The van der Waals surface area contributed by atoms with Gasteiger partial charge in [0, 0.05) is 11.8 Å². The molecular formula is C11H8N4S2. The lowest BCUT2D eigenvalue weighted by atomic mass is 10.6. The van der Waals surface area contributed by atoms with E-state index in [2.05, 4.69) is 42.3 Å². The molecule has 6 heteroatoms. The first-order valence-electron chi connectivity index (χ1n) is 4.73. The quantitative estimate of drug-likeness (QED) is 0.389. The SMILES string of the molecule is CC#CSc1nc(SC#CC)c2[nH]cnc2n1. The Kier molecular flexibility index (Phi) is 3.92. The maximum Gasteiger partial charge on any atom is 0.203 e. The number of rotatable bonds is 2. The summed E-state index contributed by atoms with van der Waals surface area (Å²) in [5, 5.41) is 7.15. The van der Waals surface area contributed by atoms with E-state index < -0.39 is 0 Å². The Labute approximate surface area is 107 Å². The Morgan fingerprint density at radius 1 is 1.12 bits per heavy atom. The molecule has 1 N–H and O–H groups in total. The van der Waals surface area contributed by atoms with E-state index in [0.717, 1.165) is 10.5 Å². The lowest BCUT2D eigenvalue weighted by Crippen LogP contribution is -1.90. The zero-order chi connectivity index (χ0) is 12.1. The summed E-state index contributed by atoms with van der Waals surface area (Å²) in [5.74, 6) is 5.61. The van der Waals surface area contributed by atoms with Crippen molar-refractivity contribution in [2.75, 3.05) is 0 Å². The van der Waals surface area contributed by atoms with Gasteiger partial charge in [-0.1, -0.05) is 11.8 Å². The highest BCUT2D eigenvalue weighted by Crippen LogP contribution is 2.24. The van der Waals surface area contributed by atoms with Crippen molar-refractivity contribution in [3.63, 3.8) is 0 Å². The molecule has 17 heavy (non-hydrogen) atoms. The number of H-pyrrole nitrogens is 1. The van der Waals surface area contributed by atoms with Gasteiger partial charge in [0.05, 0.1) is 6.33 Å². The second-order valence-electron chi connectivity index (χ2n) is 2.82. The molecule has 0 fully saturated rings. The summed E-state index contributed by atoms with van der Waals surface area (Å²) in [5.41, 5.74) is 1.45. The molecule has 0 aliphatic heterocycles. The summed E-state index contributed by atoms with van der Waals surface area (Å²) in [6.45, 7) is 3.56. The van der Waals surface area contributed by atoms with Crippen molar-refractivity contribution in [1.82, 2.24) is 19.9 Å². The molecule has 0 unspecified atom stereocenters. The van der Waals surface area contributed by atoms with Crippen LogP contribution in [0, 0.1) is 22.3 Å². The summed E-state index contributed by atoms with van der Waals surface area (Å²) in [6, 6.07) is 0. The molecule has 0 aromatic carbocycles. The summed E-state index contributed by atoms with van der Waals surface area (Å²) < 4.78 is 0. The van der Waals surface area contributed by atoms with Crippen molar-refractivity contribution in [2.45, 2.75) is 24.0 Å². The minimum absolute atomic E-state index is 0.597. The lowest BCUT2D eigenvalue weighted by molar-refractivity contribution is 0.928. The van der Waals surface area contributed by atoms with Gasteiger partial charge in [0.2, 0.25) is 5.16 Å². The summed E-state index contributed by atoms with van der Waals surface area (Å²) in [7, 11) is 0. The van der Waals surface area contributed by atoms with Gasteiger partial charge in [-0.05, 0) is 36.1 Å². The van der Waals surface area contributed by atoms with Gasteiger partial charge in [-0.15, -0.1) is 0 Å². The molecule has 2 rings (SSSR count). The first-order chi connectivity index (χ1) is 8.35. The Balaban J connectivity index is 2.47. The van der Waals surface area contributed by atoms with E-state index in [-0.39, 0.29) is 0 Å². The van der Waals surface area contributed by atoms with Gasteiger partial charge in [-0.2, -0.15) is 4.98 Å². The fourth-order valence-electron chi connectivity index (χ4n) is 1.10. The zero-order valence-electron chi connectivity index (χ0n) is 9.24. The van der Waals surface area contributed by atoms with Crippen molar-refractivity contribution in [3.05, 3.63) is 6.33 Å². The highest BCUT2D eigenvalue weighted by Gasteiger charge is 2.09. The molecule has 0 bridgehead atoms. The number of aromatic amines is 1. The van der Waals surface area contributed by atoms with Crippen molar-refractivity contribution in [3.8, 4) is 22.3 Å². The normalized spacial score (nSPS) is 9.29. The van der Waals surface area contributed by atoms with Crippen LogP contribution in [0.25, 0.3) is 11.2 Å². The molecule has 0 atom stereocenters. The Hall–Kier alpha value is -1.63. The van der Waals surface area contributed by atoms with Crippen LogP contribution in [-0.4, -0.2) is 19.9 Å². The molecule has 4 nitrogen and oxygen atoms in total. The van der Waals surface area contributed by atoms with E-state index in [0.29, 0.717) is 10.8 Å². The predicted octanol–water partition coefficient (Wildman–Crippen LogP) is 2.50. The first-order valence-corrected chi connectivity index (χ1v) is 6.36. The van der Waals surface area contributed by atoms with Crippen molar-refractivity contribution >= 4 is 34.7 Å². The van der Waals surface area contributed by atoms with Crippen LogP contribution in [0.5, 0.6) is 0 Å². The number of fused-ring (bicyclic) bond motifs is 1. The molecule has 84 valence electrons. The van der Waals surface area contributed by atoms with E-state index in [1.165, 1.54) is 23.5 Å². The number of nitrogens with zero attached hydrogens (tertiary/aromatic N) is 3. The van der Waals surface area contributed by atoms with E-state index in [4.69, 9.17) is 0 Å². The average Bonchev–Trinajstić information content (AvgIpc) is 2.81. The van der Waals surface area contributed by atoms with Crippen LogP contribution >= 0.6 is 23.5 Å². The zero-order valence-corrected chi connectivity index (χ0v) is 10.9. The predicted molar refractivity (Wildman–Crippen MR) is 70.3 cm³/mol. The van der Waals surface area contributed by atoms with Crippen LogP contribution in [0.2, 0.25) is 0 Å². The van der Waals surface area contributed by atoms with Gasteiger partial charge in [-0.25, -0.2) is 9.97 Å². The minimum Gasteiger partial charge on any atom is -0.341 e. The molecular weight excluding hydrogens is 252 g/mol. The minimum atomic E-state index is 0.597. The fraction of sp³-hybridized carbons (Fsp3) is 0.182. The number of aromatic nitrogens is 4. The highest BCUT2D eigenvalue weighted by atomic mass is 32.2. The Morgan fingerprint density at radius 2 is 1.88 bits per heavy atom. The molecule has 2 heterocycles. The number of thioether (sulfide) groups is 2. The topological polar surface area (TPSA) is 54.5 Å². The summed E-state index contributed by atoms with van der Waals surface area (Å²) >= 11 is 2.64. The lowest BCUT2D eigenvalue weighted by Gasteiger charge is -1.98. The summed E-state index contributed by atoms with van der Waals surface area (Å²) in [4.78, 5) is 15.8. The smallest absolute Gasteiger partial charge is 0.203 e. The average molecular weight is 260 g/mol. The van der Waals surface area contributed by atoms with E-state index >= 15 is 0 Å². The van der Waals surface area contributed by atoms with Gasteiger partial charge in [0.15, 0.2) is 5.65 Å². The molecule has 2 aromatic rings. The van der Waals surface area contributed by atoms with Crippen LogP contribution in [0.15, 0.2) is 16.5 Å². The number of hydrogen-bond donors (Lipinski definition) is 1. The third kappa shape index (κ3) is 2.73. The molecule has 2 aromatic heterocycles. The second kappa shape index (κ2) is 5.62. The fourth-order valence-corrected chi connectivity index (χ4v) is 2.21. The van der Waals surface area contributed by atoms with Crippen molar-refractivity contribution in [2.24, 2.45) is 0 Å². The third-order valence-electron chi connectivity index (χ3n) is 1.73. The standard InChI is InChI=1S/C11H8N4S2/c1-3-5-16-10-8-9(13-7-12-8)14-11(15-10)17-6-4-2/h7H,1-2H3,(H,12,13,14,15). The van der Waals surface area contributed by atoms with Crippen LogP contribution in [0.3, 0.4) is 0 Å². The third-order valence-corrected chi connectivity index (χ3v) is 3.19. The van der Waals surface area contributed by atoms with Crippen molar-refractivity contribution < 1.29 is 0 Å². The van der Waals surface area contributed by atoms with Gasteiger partial charge in [0.1, 0.15) is 10.5 Å². The Morgan fingerprint density at radius 3 is 2.65 bits per heavy atom. The molecule has 0 aliphatic carbocycles. The van der Waals surface area contributed by atoms with Crippen LogP contribution in [-0.2, 0) is 0 Å². The molecule has 0 spiro atoms. The molecule has 0 saturated carbocycles. The first kappa shape index (κ1) is 11.8. The maximum atomic E-state index is 4.39. The van der Waals surface area contributed by atoms with Gasteiger partial charge in [-0.3, -0.25) is 0 Å². The molecule has 0 amide bonds. The van der Waals surface area contributed by atoms with Gasteiger partial charge >= 0.3 is 0 Å². The monoisotopic (exact) mass is 260 g/mol. The van der Waals surface area contributed by atoms with Crippen LogP contribution in [0.1, 0.15) is 13.8 Å². The highest BCUT2D eigenvalue weighted by molar-refractivity contribution is 8.04. The number of hydrogen-bond acceptors (Lipinski definition) is 5. The van der Waals surface area contributed by atoms with E-state index in [1.807, 2.05) is 0 Å². The van der Waals surface area contributed by atoms with E-state index in [9.17, 15) is 0 Å². The van der Waals surface area contributed by atoms with Gasteiger partial charge in [0.25, 0.3) is 0 Å². The molecule has 0 saturated heterocycles. The second-order valence-corrected chi connectivity index (χ2v) is 4.39. The van der Waals surface area contributed by atoms with Crippen molar-refractivity contribution in [1.29, 1.82) is 0 Å². The van der Waals surface area contributed by atoms with Gasteiger partial charge < -0.3 is 4.98 Å². The molecule has 0 radical (unpaired) electrons. The van der Waals surface area contributed by atoms with Crippen LogP contribution in [0.4, 0.5) is 0 Å². The van der Waals surface area contributed by atoms with E-state index in [1.54, 1.807) is 20.2 Å². The molecule has 0 aliphatic rings. The number of imidazole rings is 1. The maximum absolute atomic E-state index is 4.39.